The van der Waals surface area contributed by atoms with E-state index in [9.17, 15) is 0 Å². The van der Waals surface area contributed by atoms with Gasteiger partial charge in [0.2, 0.25) is 0 Å². The highest BCUT2D eigenvalue weighted by Crippen LogP contribution is 2.38. The van der Waals surface area contributed by atoms with Crippen LogP contribution in [0.25, 0.3) is 33.4 Å². The summed E-state index contributed by atoms with van der Waals surface area (Å²) in [6.07, 6.45) is 14.7. The predicted octanol–water partition coefficient (Wildman–Crippen LogP) is 39.5. The maximum Gasteiger partial charge on any atom is 0.0146 e. The summed E-state index contributed by atoms with van der Waals surface area (Å²) >= 11 is 0. The topological polar surface area (TPSA) is 0 Å². The van der Waals surface area contributed by atoms with Crippen molar-refractivity contribution in [3.8, 4) is 33.4 Å². The third kappa shape index (κ3) is 38.7. The van der Waals surface area contributed by atoms with Crippen LogP contribution in [0.5, 0.6) is 0 Å². The van der Waals surface area contributed by atoms with Gasteiger partial charge in [-0.1, -0.05) is 612 Å². The Balaban J connectivity index is 0.000000188. The van der Waals surface area contributed by atoms with E-state index in [4.69, 9.17) is 0 Å². The van der Waals surface area contributed by atoms with Crippen molar-refractivity contribution in [1.29, 1.82) is 0 Å². The molecule has 15 aromatic rings. The molecule has 0 spiro atoms. The number of aryl methyl sites for hydroxylation is 2. The molecule has 0 aromatic heterocycles. The van der Waals surface area contributed by atoms with Crippen molar-refractivity contribution in [2.24, 2.45) is 0 Å². The van der Waals surface area contributed by atoms with Crippen molar-refractivity contribution in [2.45, 2.75) is 305 Å². The molecule has 0 saturated heterocycles. The zero-order valence-corrected chi connectivity index (χ0v) is 89.2. The second kappa shape index (κ2) is 53.3. The van der Waals surface area contributed by atoms with Crippen molar-refractivity contribution < 1.29 is 0 Å². The van der Waals surface area contributed by atoms with Crippen molar-refractivity contribution in [3.05, 3.63) is 502 Å². The van der Waals surface area contributed by atoms with Gasteiger partial charge in [0.05, 0.1) is 0 Å². The molecule has 0 bridgehead atoms. The number of rotatable bonds is 10. The van der Waals surface area contributed by atoms with Crippen LogP contribution in [0.1, 0.15) is 321 Å². The average Bonchev–Trinajstić information content (AvgIpc) is 0.784. The van der Waals surface area contributed by atoms with Gasteiger partial charge in [-0.25, -0.2) is 0 Å². The summed E-state index contributed by atoms with van der Waals surface area (Å²) in [5.41, 5.74) is 31.3. The second-order valence-corrected chi connectivity index (χ2v) is 45.6. The Labute approximate surface area is 834 Å². The largest absolute Gasteiger partial charge is 0.0646 e. The molecular formula is C137H170. The molecule has 718 valence electrons. The SMILES string of the molecule is CC(C)(C)c1cc(C(C)(C)C)cc(C(C)(C)C)c1.CC(C)(C)c1ccc(C(C)(C)C)cc1.CC(C)(C)c1cccc(C(C)(C)C)c1.CC(C)(c1ccccc1)c1ccccc1.CCC(C)(C)c1ccccc1.c1ccc(-c2cccc(-c3ccccc3)c2)cc1.c1ccc(-c2ccccc2)cc1.c1ccc(C2CCCCC2)cc1.c1ccc(Cc2ccccc2)cc1.c1ccc2c(c1)CCCC2. The third-order valence-electron chi connectivity index (χ3n) is 26.4. The van der Waals surface area contributed by atoms with Gasteiger partial charge in [0.1, 0.15) is 0 Å². The Bertz CT molecular complexity index is 5450. The van der Waals surface area contributed by atoms with E-state index in [1.807, 2.05) is 24.3 Å². The Hall–Kier alpha value is -11.7. The van der Waals surface area contributed by atoms with Crippen molar-refractivity contribution >= 4 is 0 Å². The van der Waals surface area contributed by atoms with E-state index in [0.717, 1.165) is 12.3 Å². The Morgan fingerprint density at radius 3 is 0.715 bits per heavy atom. The van der Waals surface area contributed by atoms with Gasteiger partial charge in [-0.15, -0.1) is 0 Å². The summed E-state index contributed by atoms with van der Waals surface area (Å²) in [7, 11) is 0. The predicted molar refractivity (Wildman–Crippen MR) is 605 cm³/mol. The van der Waals surface area contributed by atoms with Crippen molar-refractivity contribution in [1.82, 2.24) is 0 Å². The molecule has 0 N–H and O–H groups in total. The molecular weight excluding hydrogens is 1650 g/mol. The molecule has 137 heavy (non-hydrogen) atoms. The smallest absolute Gasteiger partial charge is 0.0146 e. The second-order valence-electron chi connectivity index (χ2n) is 45.6. The highest BCUT2D eigenvalue weighted by molar-refractivity contribution is 5.73. The summed E-state index contributed by atoms with van der Waals surface area (Å²) in [5, 5.41) is 0. The first kappa shape index (κ1) is 111. The first-order chi connectivity index (χ1) is 64.9. The molecule has 0 atom stereocenters. The Morgan fingerprint density at radius 2 is 0.423 bits per heavy atom. The van der Waals surface area contributed by atoms with Crippen molar-refractivity contribution in [2.75, 3.05) is 0 Å². The lowest BCUT2D eigenvalue weighted by Gasteiger charge is -2.29. The van der Waals surface area contributed by atoms with Gasteiger partial charge in [-0.05, 0) is 224 Å². The zero-order valence-electron chi connectivity index (χ0n) is 89.2. The molecule has 0 amide bonds. The van der Waals surface area contributed by atoms with E-state index in [2.05, 4.69) is 574 Å². The summed E-state index contributed by atoms with van der Waals surface area (Å²) in [6.45, 7) is 59.0. The Morgan fingerprint density at radius 1 is 0.190 bits per heavy atom. The van der Waals surface area contributed by atoms with Crippen LogP contribution in [-0.4, -0.2) is 0 Å². The van der Waals surface area contributed by atoms with Crippen LogP contribution >= 0.6 is 0 Å². The summed E-state index contributed by atoms with van der Waals surface area (Å²) < 4.78 is 0. The lowest BCUT2D eigenvalue weighted by molar-refractivity contribution is 0.443. The fraction of sp³-hybridized carbons (Fsp3) is 0.343. The van der Waals surface area contributed by atoms with Gasteiger partial charge >= 0.3 is 0 Å². The van der Waals surface area contributed by atoms with Crippen LogP contribution in [0.3, 0.4) is 0 Å². The highest BCUT2D eigenvalue weighted by atomic mass is 14.3. The minimum Gasteiger partial charge on any atom is -0.0646 e. The molecule has 1 fully saturated rings. The van der Waals surface area contributed by atoms with E-state index in [-0.39, 0.29) is 43.3 Å². The Kier molecular flexibility index (Phi) is 43.0. The maximum absolute atomic E-state index is 2.38. The minimum atomic E-state index is 0.0858. The molecule has 15 aromatic carbocycles. The van der Waals surface area contributed by atoms with E-state index >= 15 is 0 Å². The molecule has 17 rings (SSSR count). The van der Waals surface area contributed by atoms with Gasteiger partial charge < -0.3 is 0 Å². The van der Waals surface area contributed by atoms with Crippen LogP contribution < -0.4 is 0 Å². The average molecular weight is 1820 g/mol. The summed E-state index contributed by atoms with van der Waals surface area (Å²) in [4.78, 5) is 0. The number of fused-ring (bicyclic) bond motifs is 1. The molecule has 0 aliphatic heterocycles. The van der Waals surface area contributed by atoms with Crippen LogP contribution in [0, 0.1) is 0 Å². The molecule has 0 heterocycles. The van der Waals surface area contributed by atoms with Gasteiger partial charge in [0.15, 0.2) is 0 Å². The fourth-order valence-corrected chi connectivity index (χ4v) is 16.5. The summed E-state index contributed by atoms with van der Waals surface area (Å²) in [6, 6.07) is 148. The number of hydrogen-bond donors (Lipinski definition) is 0. The molecule has 2 aliphatic rings. The van der Waals surface area contributed by atoms with Crippen molar-refractivity contribution in [3.63, 3.8) is 0 Å². The van der Waals surface area contributed by atoms with Crippen LogP contribution in [0.4, 0.5) is 0 Å². The first-order valence-corrected chi connectivity index (χ1v) is 51.0. The molecule has 0 unspecified atom stereocenters. The standard InChI is InChI=1S/C18H14.C18H30.C15H16.2C14H22.C13H12.C12H16.C12H10.C11H16.C10H12/c1-3-8-15(9-4-1)17-12-7-13-18(14-17)16-10-5-2-6-11-16;1-16(2,3)13-10-14(17(4,5)6)12-15(11-13)18(7,8)9;1-15(2,13-9-5-3-6-10-13)14-11-7-4-8-12-14;1-13(2,3)11-7-9-12(10-8-11)14(4,5)6;1-13(2,3)11-8-7-9-12(10-11)14(4,5)6;1-3-7-12(8-4-1)11-13-9-5-2-6-10-13;2*1-3-7-11(8-4-1)12-9-5-2-6-10-12;1-4-11(2,3)10-8-6-5-7-9-10;1-2-6-10-8-4-3-7-9(10)5-1/h1-14H;10-12H,1-9H3;3-12H,1-2H3;2*7-10H,1-6H3;1-10H,11H2;1,3-4,7-8,12H,2,5-6,9-10H2;1-10H;5-9H,4H2,1-3H3;1-2,5-6H,3-4,7-8H2. The monoisotopic (exact) mass is 1820 g/mol. The van der Waals surface area contributed by atoms with E-state index in [1.54, 1.807) is 16.7 Å². The normalized spacial score (nSPS) is 12.7. The molecule has 0 heteroatoms. The fourth-order valence-electron chi connectivity index (χ4n) is 16.5. The van der Waals surface area contributed by atoms with Gasteiger partial charge in [-0.2, -0.15) is 0 Å². The quantitative estimate of drug-likeness (QED) is 0.128. The van der Waals surface area contributed by atoms with Crippen LogP contribution in [0.2, 0.25) is 0 Å². The van der Waals surface area contributed by atoms with Gasteiger partial charge in [0, 0.05) is 5.41 Å². The zero-order chi connectivity index (χ0) is 99.8. The molecule has 0 radical (unpaired) electrons. The molecule has 0 nitrogen and oxygen atoms in total. The minimum absolute atomic E-state index is 0.0858. The van der Waals surface area contributed by atoms with Gasteiger partial charge in [0.25, 0.3) is 0 Å². The highest BCUT2D eigenvalue weighted by Gasteiger charge is 2.27. The van der Waals surface area contributed by atoms with E-state index in [0.29, 0.717) is 5.41 Å². The van der Waals surface area contributed by atoms with Gasteiger partial charge in [-0.3, -0.25) is 0 Å². The molecule has 1 saturated carbocycles. The van der Waals surface area contributed by atoms with E-state index in [1.165, 1.54) is 164 Å². The number of benzene rings is 15. The van der Waals surface area contributed by atoms with Crippen LogP contribution in [-0.2, 0) is 68.0 Å². The first-order valence-electron chi connectivity index (χ1n) is 51.0. The third-order valence-corrected chi connectivity index (χ3v) is 26.4. The van der Waals surface area contributed by atoms with Crippen LogP contribution in [0.15, 0.2) is 419 Å². The number of hydrogen-bond acceptors (Lipinski definition) is 0. The lowest BCUT2D eigenvalue weighted by Crippen LogP contribution is -2.20. The summed E-state index contributed by atoms with van der Waals surface area (Å²) in [5.74, 6) is 0.861. The lowest BCUT2D eigenvalue weighted by atomic mass is 9.76. The molecule has 2 aliphatic carbocycles. The van der Waals surface area contributed by atoms with E-state index < -0.39 is 0 Å². The maximum atomic E-state index is 2.38.